The molecule has 1 aliphatic rings. The predicted molar refractivity (Wildman–Crippen MR) is 137 cm³/mol. The summed E-state index contributed by atoms with van der Waals surface area (Å²) in [5.74, 6) is 0. The smallest absolute Gasteiger partial charge is 0.429 e. The minimum absolute atomic E-state index is 0.242. The van der Waals surface area contributed by atoms with Crippen LogP contribution >= 0.6 is 7.82 Å². The number of carbonyl (C=O) groups is 2. The maximum atomic E-state index is 12.7. The number of aromatic amines is 1. The van der Waals surface area contributed by atoms with Crippen LogP contribution in [0.15, 0.2) is 82.5 Å². The molecule has 42 heavy (non-hydrogen) atoms. The Balaban J connectivity index is 1.62. The van der Waals surface area contributed by atoms with Gasteiger partial charge in [0.15, 0.2) is 30.8 Å². The van der Waals surface area contributed by atoms with Crippen molar-refractivity contribution < 1.29 is 57.3 Å². The first-order valence-electron chi connectivity index (χ1n) is 12.1. The molecule has 0 aliphatic carbocycles. The van der Waals surface area contributed by atoms with E-state index in [-0.39, 0.29) is 13.2 Å². The molecule has 2 heterocycles. The third-order valence-electron chi connectivity index (χ3n) is 5.74. The average molecular weight is 608 g/mol. The van der Waals surface area contributed by atoms with Crippen LogP contribution in [0.5, 0.6) is 0 Å². The van der Waals surface area contributed by atoms with E-state index in [9.17, 15) is 38.6 Å². The molecule has 0 bridgehead atoms. The molecular weight excluding hydrogens is 583 g/mol. The number of carbonyl (C=O) groups excluding carboxylic acids is 2. The van der Waals surface area contributed by atoms with Gasteiger partial charge in [0, 0.05) is 12.3 Å². The van der Waals surface area contributed by atoms with E-state index in [0.29, 0.717) is 11.1 Å². The lowest BCUT2D eigenvalue weighted by Gasteiger charge is -2.25. The van der Waals surface area contributed by atoms with Crippen LogP contribution in [0.4, 0.5) is 9.59 Å². The van der Waals surface area contributed by atoms with Crippen molar-refractivity contribution in [1.82, 2.24) is 9.55 Å². The van der Waals surface area contributed by atoms with E-state index in [4.69, 9.17) is 23.7 Å². The number of nitrogens with zero attached hydrogens (tertiary/aromatic N) is 1. The highest BCUT2D eigenvalue weighted by atomic mass is 31.2. The molecule has 1 fully saturated rings. The van der Waals surface area contributed by atoms with Crippen LogP contribution in [-0.4, -0.2) is 61.4 Å². The quantitative estimate of drug-likeness (QED) is 0.145. The summed E-state index contributed by atoms with van der Waals surface area (Å²) in [5.41, 5.74) is -0.678. The van der Waals surface area contributed by atoms with Crippen LogP contribution in [0.2, 0.25) is 0 Å². The van der Waals surface area contributed by atoms with Crippen LogP contribution < -0.4 is 11.2 Å². The first-order valence-corrected chi connectivity index (χ1v) is 13.7. The minimum atomic E-state index is -5.34. The van der Waals surface area contributed by atoms with Crippen molar-refractivity contribution in [3.63, 3.8) is 0 Å². The fraction of sp³-hybridized carbons (Fsp3) is 0.280. The van der Waals surface area contributed by atoms with Crippen molar-refractivity contribution in [3.8, 4) is 0 Å². The zero-order chi connectivity index (χ0) is 30.3. The summed E-state index contributed by atoms with van der Waals surface area (Å²) in [5, 5.41) is 10.5. The van der Waals surface area contributed by atoms with Crippen molar-refractivity contribution in [1.29, 1.82) is 0 Å². The standard InChI is InChI=1S/C25H25N2O14P/c28-17-11-12-27(23(30)26-17)21-19(40-25(32)37-14-16-9-5-2-6-10-16)18(20(38-21)22(29)41-42(33,34)35)39-24(31)36-13-15-7-3-1-4-8-15/h1-12,18-22,29H,13-14H2,(H,26,28,30)(H2,33,34,35)/t18-,19+,20-,21+,22?/m0/s1. The SMILES string of the molecule is O=C(OCc1ccccc1)O[C@@H]1[C@H](OC(=O)OCc2ccccc2)[C@@H](C(O)OP(=O)(O)O)O[C@H]1n1ccc(=O)[nH]c1=O. The van der Waals surface area contributed by atoms with Crippen molar-refractivity contribution >= 4 is 20.1 Å². The van der Waals surface area contributed by atoms with Crippen LogP contribution in [0.3, 0.4) is 0 Å². The number of hydrogen-bond donors (Lipinski definition) is 4. The Morgan fingerprint density at radius 1 is 0.881 bits per heavy atom. The van der Waals surface area contributed by atoms with E-state index in [1.54, 1.807) is 60.7 Å². The fourth-order valence-electron chi connectivity index (χ4n) is 3.93. The number of benzene rings is 2. The van der Waals surface area contributed by atoms with Gasteiger partial charge in [0.25, 0.3) is 5.56 Å². The summed E-state index contributed by atoms with van der Waals surface area (Å²) in [7, 11) is -5.34. The van der Waals surface area contributed by atoms with Crippen LogP contribution in [-0.2, 0) is 46.0 Å². The van der Waals surface area contributed by atoms with Crippen LogP contribution in [0, 0.1) is 0 Å². The molecule has 0 spiro atoms. The molecule has 1 aliphatic heterocycles. The number of H-pyrrole nitrogens is 1. The van der Waals surface area contributed by atoms with E-state index >= 15 is 0 Å². The lowest BCUT2D eigenvalue weighted by Crippen LogP contribution is -2.45. The Hall–Kier alpha value is -4.31. The Labute approximate surface area is 236 Å². The lowest BCUT2D eigenvalue weighted by atomic mass is 10.1. The summed E-state index contributed by atoms with van der Waals surface area (Å²) in [4.78, 5) is 69.9. The Bertz CT molecular complexity index is 1520. The van der Waals surface area contributed by atoms with Gasteiger partial charge < -0.3 is 38.6 Å². The minimum Gasteiger partial charge on any atom is -0.429 e. The van der Waals surface area contributed by atoms with E-state index in [1.807, 2.05) is 4.98 Å². The lowest BCUT2D eigenvalue weighted by molar-refractivity contribution is -0.164. The Morgan fingerprint density at radius 3 is 1.90 bits per heavy atom. The summed E-state index contributed by atoms with van der Waals surface area (Å²) in [6.45, 7) is -0.499. The van der Waals surface area contributed by atoms with Gasteiger partial charge in [-0.15, -0.1) is 0 Å². The van der Waals surface area contributed by atoms with Crippen molar-refractivity contribution in [2.24, 2.45) is 0 Å². The number of ether oxygens (including phenoxy) is 5. The van der Waals surface area contributed by atoms with Crippen LogP contribution in [0.25, 0.3) is 0 Å². The van der Waals surface area contributed by atoms with Crippen molar-refractivity contribution in [2.45, 2.75) is 44.0 Å². The number of rotatable bonds is 10. The largest absolute Gasteiger partial charge is 0.509 e. The molecule has 0 amide bonds. The van der Waals surface area contributed by atoms with Gasteiger partial charge in [-0.2, -0.15) is 0 Å². The van der Waals surface area contributed by atoms with Gasteiger partial charge in [0.05, 0.1) is 0 Å². The first-order chi connectivity index (χ1) is 20.0. The monoisotopic (exact) mass is 608 g/mol. The van der Waals surface area contributed by atoms with E-state index in [2.05, 4.69) is 4.52 Å². The molecule has 3 aromatic rings. The van der Waals surface area contributed by atoms with Gasteiger partial charge in [0.2, 0.25) is 0 Å². The van der Waals surface area contributed by atoms with Gasteiger partial charge >= 0.3 is 25.8 Å². The van der Waals surface area contributed by atoms with Gasteiger partial charge in [-0.05, 0) is 11.1 Å². The Kier molecular flexibility index (Phi) is 9.90. The number of aliphatic hydroxyl groups excluding tert-OH is 1. The first kappa shape index (κ1) is 30.6. The maximum Gasteiger partial charge on any atom is 0.509 e. The summed E-state index contributed by atoms with van der Waals surface area (Å²) in [6, 6.07) is 17.8. The normalized spacial score (nSPS) is 20.8. The second-order valence-electron chi connectivity index (χ2n) is 8.71. The van der Waals surface area contributed by atoms with Gasteiger partial charge in [0.1, 0.15) is 13.2 Å². The van der Waals surface area contributed by atoms with Gasteiger partial charge in [-0.1, -0.05) is 60.7 Å². The number of aromatic nitrogens is 2. The number of nitrogens with one attached hydrogen (secondary N) is 1. The number of phosphoric acid groups is 1. The van der Waals surface area contributed by atoms with E-state index in [1.165, 1.54) is 0 Å². The fourth-order valence-corrected chi connectivity index (χ4v) is 4.33. The van der Waals surface area contributed by atoms with Crippen molar-refractivity contribution in [3.05, 3.63) is 105 Å². The molecule has 4 rings (SSSR count). The maximum absolute atomic E-state index is 12.7. The average Bonchev–Trinajstić information content (AvgIpc) is 3.28. The molecule has 0 saturated carbocycles. The molecule has 16 nitrogen and oxygen atoms in total. The molecular formula is C25H25N2O14P. The highest BCUT2D eigenvalue weighted by Gasteiger charge is 2.55. The summed E-state index contributed by atoms with van der Waals surface area (Å²) < 4.78 is 42.8. The van der Waals surface area contributed by atoms with Crippen molar-refractivity contribution in [2.75, 3.05) is 0 Å². The van der Waals surface area contributed by atoms with E-state index < -0.39 is 62.2 Å². The summed E-state index contributed by atoms with van der Waals surface area (Å²) in [6.07, 6.45) is -11.6. The zero-order valence-corrected chi connectivity index (χ0v) is 22.4. The number of aliphatic hydroxyl groups is 1. The molecule has 2 aromatic carbocycles. The molecule has 5 atom stereocenters. The number of hydrogen-bond acceptors (Lipinski definition) is 12. The van der Waals surface area contributed by atoms with Crippen LogP contribution in [0.1, 0.15) is 17.4 Å². The second kappa shape index (κ2) is 13.6. The molecule has 1 unspecified atom stereocenters. The molecule has 1 saturated heterocycles. The highest BCUT2D eigenvalue weighted by Crippen LogP contribution is 2.42. The molecule has 17 heteroatoms. The van der Waals surface area contributed by atoms with Gasteiger partial charge in [-0.3, -0.25) is 18.9 Å². The molecule has 0 radical (unpaired) electrons. The third kappa shape index (κ3) is 8.36. The summed E-state index contributed by atoms with van der Waals surface area (Å²) >= 11 is 0. The molecule has 1 aromatic heterocycles. The third-order valence-corrected chi connectivity index (χ3v) is 6.23. The highest BCUT2D eigenvalue weighted by molar-refractivity contribution is 7.46. The topological polar surface area (TPSA) is 222 Å². The van der Waals surface area contributed by atoms with Gasteiger partial charge in [-0.25, -0.2) is 18.9 Å². The Morgan fingerprint density at radius 2 is 1.40 bits per heavy atom. The number of phosphoric ester groups is 1. The molecule has 4 N–H and O–H groups in total. The predicted octanol–water partition coefficient (Wildman–Crippen LogP) is 1.31. The van der Waals surface area contributed by atoms with E-state index in [0.717, 1.165) is 16.8 Å². The second-order valence-corrected chi connectivity index (χ2v) is 9.90. The zero-order valence-electron chi connectivity index (χ0n) is 21.5. The molecule has 224 valence electrons.